The van der Waals surface area contributed by atoms with Crippen molar-refractivity contribution in [2.75, 3.05) is 13.1 Å². The summed E-state index contributed by atoms with van der Waals surface area (Å²) in [6.07, 6.45) is -0.0586. The van der Waals surface area contributed by atoms with Crippen molar-refractivity contribution in [3.05, 3.63) is 39.7 Å². The van der Waals surface area contributed by atoms with E-state index in [4.69, 9.17) is 5.11 Å². The van der Waals surface area contributed by atoms with Crippen molar-refractivity contribution >= 4 is 11.7 Å². The molecule has 0 unspecified atom stereocenters. The molecule has 1 aromatic carbocycles. The van der Waals surface area contributed by atoms with E-state index in [0.717, 1.165) is 18.2 Å². The van der Waals surface area contributed by atoms with E-state index in [-0.39, 0.29) is 30.8 Å². The van der Waals surface area contributed by atoms with Crippen molar-refractivity contribution in [3.63, 3.8) is 0 Å². The fraction of sp³-hybridized carbons (Fsp3) is 0.417. The Bertz CT molecular complexity index is 479. The maximum Gasteiger partial charge on any atom is 0.304 e. The lowest BCUT2D eigenvalue weighted by molar-refractivity contribution is -0.385. The van der Waals surface area contributed by atoms with E-state index >= 15 is 0 Å². The van der Waals surface area contributed by atoms with Gasteiger partial charge in [-0.1, -0.05) is 6.92 Å². The number of aliphatic carboxylic acids is 1. The van der Waals surface area contributed by atoms with E-state index in [1.807, 2.05) is 6.92 Å². The number of nitro benzene ring substituents is 1. The molecule has 6 nitrogen and oxygen atoms in total. The average Bonchev–Trinajstić information content (AvgIpc) is 2.33. The van der Waals surface area contributed by atoms with Crippen LogP contribution in [0.4, 0.5) is 10.1 Å². The summed E-state index contributed by atoms with van der Waals surface area (Å²) in [4.78, 5) is 22.5. The van der Waals surface area contributed by atoms with E-state index in [9.17, 15) is 19.3 Å². The van der Waals surface area contributed by atoms with Crippen LogP contribution >= 0.6 is 0 Å². The third kappa shape index (κ3) is 4.63. The Kier molecular flexibility index (Phi) is 5.37. The number of halogens is 1. The summed E-state index contributed by atoms with van der Waals surface area (Å²) in [5.41, 5.74) is 0.0902. The molecule has 0 aliphatic heterocycles. The number of hydrogen-bond donors (Lipinski definition) is 1. The van der Waals surface area contributed by atoms with E-state index in [0.29, 0.717) is 6.54 Å². The summed E-state index contributed by atoms with van der Waals surface area (Å²) in [5, 5.41) is 19.5. The van der Waals surface area contributed by atoms with Crippen molar-refractivity contribution < 1.29 is 19.2 Å². The third-order valence-corrected chi connectivity index (χ3v) is 2.72. The zero-order chi connectivity index (χ0) is 14.4. The van der Waals surface area contributed by atoms with Gasteiger partial charge >= 0.3 is 5.97 Å². The van der Waals surface area contributed by atoms with Gasteiger partial charge in [-0.3, -0.25) is 19.8 Å². The monoisotopic (exact) mass is 270 g/mol. The zero-order valence-electron chi connectivity index (χ0n) is 10.5. The fourth-order valence-electron chi connectivity index (χ4n) is 1.70. The van der Waals surface area contributed by atoms with Crippen LogP contribution in [0.15, 0.2) is 18.2 Å². The second kappa shape index (κ2) is 6.79. The fourth-order valence-corrected chi connectivity index (χ4v) is 1.70. The number of carboxylic acid groups (broad SMARTS) is 1. The van der Waals surface area contributed by atoms with Crippen LogP contribution in [0.25, 0.3) is 0 Å². The lowest BCUT2D eigenvalue weighted by Crippen LogP contribution is -2.26. The predicted molar refractivity (Wildman–Crippen MR) is 66.3 cm³/mol. The Labute approximate surface area is 109 Å². The second-order valence-electron chi connectivity index (χ2n) is 4.04. The Morgan fingerprint density at radius 2 is 2.21 bits per heavy atom. The Morgan fingerprint density at radius 3 is 2.74 bits per heavy atom. The standard InChI is InChI=1S/C12H15FN2O4/c1-2-14(6-5-12(16)17)8-9-7-10(13)3-4-11(9)15(18)19/h3-4,7H,2,5-6,8H2,1H3,(H,16,17). The van der Waals surface area contributed by atoms with Gasteiger partial charge in [0.25, 0.3) is 5.69 Å². The molecule has 0 aliphatic rings. The minimum Gasteiger partial charge on any atom is -0.481 e. The van der Waals surface area contributed by atoms with Gasteiger partial charge in [0.1, 0.15) is 5.82 Å². The normalized spacial score (nSPS) is 10.7. The van der Waals surface area contributed by atoms with Gasteiger partial charge in [-0.25, -0.2) is 4.39 Å². The van der Waals surface area contributed by atoms with E-state index in [1.54, 1.807) is 4.90 Å². The average molecular weight is 270 g/mol. The Balaban J connectivity index is 2.86. The molecule has 0 atom stereocenters. The van der Waals surface area contributed by atoms with Crippen molar-refractivity contribution in [1.29, 1.82) is 0 Å². The largest absolute Gasteiger partial charge is 0.481 e. The summed E-state index contributed by atoms with van der Waals surface area (Å²) < 4.78 is 13.1. The summed E-state index contributed by atoms with van der Waals surface area (Å²) in [6.45, 7) is 2.76. The lowest BCUT2D eigenvalue weighted by atomic mass is 10.1. The van der Waals surface area contributed by atoms with Crippen LogP contribution in [0.1, 0.15) is 18.9 Å². The molecule has 0 fully saturated rings. The molecule has 0 saturated carbocycles. The van der Waals surface area contributed by atoms with E-state index in [2.05, 4.69) is 0 Å². The topological polar surface area (TPSA) is 83.7 Å². The molecule has 0 spiro atoms. The highest BCUT2D eigenvalue weighted by Crippen LogP contribution is 2.21. The minimum absolute atomic E-state index is 0.0586. The van der Waals surface area contributed by atoms with Crippen LogP contribution in [0.3, 0.4) is 0 Å². The van der Waals surface area contributed by atoms with Crippen LogP contribution in [0, 0.1) is 15.9 Å². The highest BCUT2D eigenvalue weighted by molar-refractivity contribution is 5.66. The van der Waals surface area contributed by atoms with E-state index in [1.165, 1.54) is 0 Å². The van der Waals surface area contributed by atoms with Crippen molar-refractivity contribution in [2.45, 2.75) is 19.9 Å². The summed E-state index contributed by atoms with van der Waals surface area (Å²) in [6, 6.07) is 3.27. The van der Waals surface area contributed by atoms with Gasteiger partial charge in [-0.05, 0) is 18.7 Å². The molecule has 1 aromatic rings. The number of carbonyl (C=O) groups is 1. The molecule has 0 heterocycles. The lowest BCUT2D eigenvalue weighted by Gasteiger charge is -2.19. The van der Waals surface area contributed by atoms with Gasteiger partial charge in [-0.15, -0.1) is 0 Å². The molecule has 0 amide bonds. The first-order valence-electron chi connectivity index (χ1n) is 5.81. The van der Waals surface area contributed by atoms with Gasteiger partial charge in [0.15, 0.2) is 0 Å². The van der Waals surface area contributed by atoms with Crippen molar-refractivity contribution in [2.24, 2.45) is 0 Å². The Hall–Kier alpha value is -2.02. The van der Waals surface area contributed by atoms with Crippen LogP contribution in [0.2, 0.25) is 0 Å². The molecular formula is C12H15FN2O4. The molecule has 0 saturated heterocycles. The molecule has 0 bridgehead atoms. The van der Waals surface area contributed by atoms with Gasteiger partial charge in [0.05, 0.1) is 11.3 Å². The van der Waals surface area contributed by atoms with Crippen LogP contribution < -0.4 is 0 Å². The van der Waals surface area contributed by atoms with Gasteiger partial charge < -0.3 is 5.11 Å². The second-order valence-corrected chi connectivity index (χ2v) is 4.04. The van der Waals surface area contributed by atoms with Crippen LogP contribution in [-0.4, -0.2) is 34.0 Å². The van der Waals surface area contributed by atoms with Gasteiger partial charge in [-0.2, -0.15) is 0 Å². The maximum atomic E-state index is 13.1. The molecule has 0 aromatic heterocycles. The molecule has 104 valence electrons. The summed E-state index contributed by atoms with van der Waals surface area (Å²) >= 11 is 0. The molecule has 1 N–H and O–H groups in total. The van der Waals surface area contributed by atoms with Gasteiger partial charge in [0, 0.05) is 24.7 Å². The van der Waals surface area contributed by atoms with Gasteiger partial charge in [0.2, 0.25) is 0 Å². The van der Waals surface area contributed by atoms with Crippen LogP contribution in [-0.2, 0) is 11.3 Å². The summed E-state index contributed by atoms with van der Waals surface area (Å²) in [7, 11) is 0. The number of hydrogen-bond acceptors (Lipinski definition) is 4. The smallest absolute Gasteiger partial charge is 0.304 e. The number of benzene rings is 1. The summed E-state index contributed by atoms with van der Waals surface area (Å²) in [5.74, 6) is -1.48. The van der Waals surface area contributed by atoms with Crippen LogP contribution in [0.5, 0.6) is 0 Å². The van der Waals surface area contributed by atoms with Crippen molar-refractivity contribution in [1.82, 2.24) is 4.90 Å². The first-order valence-corrected chi connectivity index (χ1v) is 5.81. The number of nitro groups is 1. The molecule has 0 aliphatic carbocycles. The Morgan fingerprint density at radius 1 is 1.53 bits per heavy atom. The zero-order valence-corrected chi connectivity index (χ0v) is 10.5. The SMILES string of the molecule is CCN(CCC(=O)O)Cc1cc(F)ccc1[N+](=O)[O-]. The third-order valence-electron chi connectivity index (χ3n) is 2.72. The predicted octanol–water partition coefficient (Wildman–Crippen LogP) is 2.03. The highest BCUT2D eigenvalue weighted by Gasteiger charge is 2.17. The van der Waals surface area contributed by atoms with E-state index < -0.39 is 16.7 Å². The molecule has 7 heteroatoms. The quantitative estimate of drug-likeness (QED) is 0.605. The highest BCUT2D eigenvalue weighted by atomic mass is 19.1. The molecular weight excluding hydrogens is 255 g/mol. The number of nitrogens with zero attached hydrogens (tertiary/aromatic N) is 2. The maximum absolute atomic E-state index is 13.1. The first-order chi connectivity index (χ1) is 8.93. The minimum atomic E-state index is -0.938. The molecule has 0 radical (unpaired) electrons. The first kappa shape index (κ1) is 15.0. The van der Waals surface area contributed by atoms with Crippen molar-refractivity contribution in [3.8, 4) is 0 Å². The number of carboxylic acids is 1. The number of rotatable bonds is 7. The molecule has 19 heavy (non-hydrogen) atoms. The molecule has 1 rings (SSSR count).